The summed E-state index contributed by atoms with van der Waals surface area (Å²) in [6.45, 7) is 14.5. The molecule has 0 aliphatic carbocycles. The summed E-state index contributed by atoms with van der Waals surface area (Å²) < 4.78 is 7.48. The highest BCUT2D eigenvalue weighted by molar-refractivity contribution is 6.33. The molecule has 0 spiro atoms. The highest BCUT2D eigenvalue weighted by atomic mass is 35.5. The van der Waals surface area contributed by atoms with E-state index in [0.29, 0.717) is 5.96 Å². The van der Waals surface area contributed by atoms with Gasteiger partial charge in [0.2, 0.25) is 5.96 Å². The molecule has 2 aromatic rings. The second-order valence-electron chi connectivity index (χ2n) is 9.10. The Morgan fingerprint density at radius 3 is 2.69 bits per heavy atom. The summed E-state index contributed by atoms with van der Waals surface area (Å²) in [7, 11) is 0. The average molecular weight is 456 g/mol. The van der Waals surface area contributed by atoms with Gasteiger partial charge in [0, 0.05) is 32.7 Å². The second kappa shape index (κ2) is 8.50. The van der Waals surface area contributed by atoms with E-state index in [2.05, 4.69) is 44.9 Å². The number of piperazine rings is 1. The van der Waals surface area contributed by atoms with E-state index in [0.717, 1.165) is 86.4 Å². The standard InChI is InChI=1S/C23H30ClN7O/c1-16-11-17(24)21(29-7-9-30(10-8-29)23(2)14-32-15-23)12-18(16)27-22(25-3)28-19-13-26-31-6-4-5-20(19)31/h11-13H,3-10,14-15H2,1-2H3,(H,27,28). The van der Waals surface area contributed by atoms with Crippen molar-refractivity contribution in [2.75, 3.05) is 49.6 Å². The molecule has 3 aliphatic rings. The van der Waals surface area contributed by atoms with E-state index >= 15 is 0 Å². The number of hydrogen-bond acceptors (Lipinski definition) is 5. The summed E-state index contributed by atoms with van der Waals surface area (Å²) in [5.41, 5.74) is 5.18. The Morgan fingerprint density at radius 1 is 1.22 bits per heavy atom. The molecule has 170 valence electrons. The molecule has 0 bridgehead atoms. The van der Waals surface area contributed by atoms with E-state index in [1.165, 1.54) is 5.69 Å². The summed E-state index contributed by atoms with van der Waals surface area (Å²) in [6.07, 6.45) is 3.96. The highest BCUT2D eigenvalue weighted by Gasteiger charge is 2.40. The zero-order chi connectivity index (χ0) is 22.3. The van der Waals surface area contributed by atoms with Gasteiger partial charge in [0.05, 0.1) is 52.7 Å². The van der Waals surface area contributed by atoms with E-state index in [-0.39, 0.29) is 5.54 Å². The lowest BCUT2D eigenvalue weighted by Crippen LogP contribution is -2.64. The number of benzene rings is 1. The molecule has 0 radical (unpaired) electrons. The SMILES string of the molecule is C=NC(=Nc1cc(N2CCN(C3(C)COC3)CC2)c(Cl)cc1C)Nc1cnn2c1CCC2. The first-order chi connectivity index (χ1) is 15.5. The molecule has 5 rings (SSSR count). The minimum absolute atomic E-state index is 0.183. The van der Waals surface area contributed by atoms with Crippen molar-refractivity contribution in [1.82, 2.24) is 14.7 Å². The lowest BCUT2D eigenvalue weighted by Gasteiger charge is -2.50. The molecule has 4 heterocycles. The van der Waals surface area contributed by atoms with E-state index in [1.54, 1.807) is 0 Å². The van der Waals surface area contributed by atoms with Gasteiger partial charge in [-0.25, -0.2) is 9.98 Å². The number of hydrogen-bond donors (Lipinski definition) is 1. The molecule has 32 heavy (non-hydrogen) atoms. The van der Waals surface area contributed by atoms with Gasteiger partial charge in [-0.15, -0.1) is 0 Å². The van der Waals surface area contributed by atoms with Crippen LogP contribution in [0.5, 0.6) is 0 Å². The van der Waals surface area contributed by atoms with Crippen molar-refractivity contribution < 1.29 is 4.74 Å². The molecule has 9 heteroatoms. The lowest BCUT2D eigenvalue weighted by atomic mass is 9.97. The Labute approximate surface area is 193 Å². The van der Waals surface area contributed by atoms with Gasteiger partial charge in [0.15, 0.2) is 0 Å². The molecular formula is C23H30ClN7O. The fourth-order valence-corrected chi connectivity index (χ4v) is 5.12. The third-order valence-corrected chi connectivity index (χ3v) is 7.13. The number of aryl methyl sites for hydroxylation is 2. The molecule has 3 aliphatic heterocycles. The van der Waals surface area contributed by atoms with Crippen LogP contribution < -0.4 is 10.2 Å². The van der Waals surface area contributed by atoms with Crippen molar-refractivity contribution in [3.8, 4) is 0 Å². The molecule has 2 saturated heterocycles. The molecule has 0 unspecified atom stereocenters. The second-order valence-corrected chi connectivity index (χ2v) is 9.51. The number of rotatable bonds is 4. The summed E-state index contributed by atoms with van der Waals surface area (Å²) in [6, 6.07) is 4.05. The first-order valence-electron chi connectivity index (χ1n) is 11.2. The van der Waals surface area contributed by atoms with Crippen molar-refractivity contribution in [2.45, 2.75) is 38.8 Å². The fraction of sp³-hybridized carbons (Fsp3) is 0.522. The average Bonchev–Trinajstić information content (AvgIpc) is 3.38. The quantitative estimate of drug-likeness (QED) is 0.564. The van der Waals surface area contributed by atoms with Crippen molar-refractivity contribution in [3.05, 3.63) is 34.6 Å². The lowest BCUT2D eigenvalue weighted by molar-refractivity contribution is -0.131. The van der Waals surface area contributed by atoms with Gasteiger partial charge in [-0.1, -0.05) is 11.6 Å². The van der Waals surface area contributed by atoms with Crippen molar-refractivity contribution in [3.63, 3.8) is 0 Å². The molecule has 1 aromatic carbocycles. The Kier molecular flexibility index (Phi) is 5.69. The number of anilines is 2. The fourth-order valence-electron chi connectivity index (χ4n) is 4.79. The minimum Gasteiger partial charge on any atom is -0.377 e. The molecule has 1 N–H and O–H groups in total. The van der Waals surface area contributed by atoms with Gasteiger partial charge in [0.1, 0.15) is 0 Å². The van der Waals surface area contributed by atoms with Crippen LogP contribution >= 0.6 is 11.6 Å². The van der Waals surface area contributed by atoms with Gasteiger partial charge >= 0.3 is 0 Å². The Bertz CT molecular complexity index is 1050. The van der Waals surface area contributed by atoms with Crippen LogP contribution in [0.3, 0.4) is 0 Å². The molecule has 0 saturated carbocycles. The summed E-state index contributed by atoms with van der Waals surface area (Å²) in [4.78, 5) is 13.8. The summed E-state index contributed by atoms with van der Waals surface area (Å²) in [5, 5.41) is 8.49. The number of fused-ring (bicyclic) bond motifs is 1. The maximum absolute atomic E-state index is 6.66. The van der Waals surface area contributed by atoms with Crippen LogP contribution in [0.15, 0.2) is 28.3 Å². The van der Waals surface area contributed by atoms with E-state index in [1.807, 2.05) is 23.9 Å². The molecule has 0 atom stereocenters. The van der Waals surface area contributed by atoms with Gasteiger partial charge < -0.3 is 15.0 Å². The molecule has 0 amide bonds. The normalized spacial score (nSPS) is 20.7. The number of nitrogens with zero attached hydrogens (tertiary/aromatic N) is 6. The van der Waals surface area contributed by atoms with Crippen LogP contribution in [0.4, 0.5) is 17.1 Å². The number of halogens is 1. The smallest absolute Gasteiger partial charge is 0.227 e. The Hall–Kier alpha value is -2.42. The highest BCUT2D eigenvalue weighted by Crippen LogP contribution is 2.35. The third-order valence-electron chi connectivity index (χ3n) is 6.83. The topological polar surface area (TPSA) is 70.3 Å². The zero-order valence-electron chi connectivity index (χ0n) is 18.8. The van der Waals surface area contributed by atoms with Crippen LogP contribution in [0.2, 0.25) is 5.02 Å². The number of guanidine groups is 1. The van der Waals surface area contributed by atoms with Crippen LogP contribution in [-0.2, 0) is 17.7 Å². The summed E-state index contributed by atoms with van der Waals surface area (Å²) >= 11 is 6.66. The Balaban J connectivity index is 1.35. The van der Waals surface area contributed by atoms with Crippen LogP contribution in [0, 0.1) is 6.92 Å². The van der Waals surface area contributed by atoms with Gasteiger partial charge in [-0.05, 0) is 51.1 Å². The predicted octanol–water partition coefficient (Wildman–Crippen LogP) is 3.50. The maximum atomic E-state index is 6.66. The molecule has 1 aromatic heterocycles. The zero-order valence-corrected chi connectivity index (χ0v) is 19.5. The van der Waals surface area contributed by atoms with Crippen molar-refractivity contribution in [1.29, 1.82) is 0 Å². The number of aliphatic imine (C=N–C) groups is 2. The molecule has 8 nitrogen and oxygen atoms in total. The van der Waals surface area contributed by atoms with Crippen LogP contribution in [-0.4, -0.2) is 72.3 Å². The maximum Gasteiger partial charge on any atom is 0.227 e. The first-order valence-corrected chi connectivity index (χ1v) is 11.6. The van der Waals surface area contributed by atoms with E-state index in [9.17, 15) is 0 Å². The van der Waals surface area contributed by atoms with Gasteiger partial charge in [-0.3, -0.25) is 9.58 Å². The number of ether oxygens (including phenoxy) is 1. The number of aromatic nitrogens is 2. The van der Waals surface area contributed by atoms with Crippen LogP contribution in [0.25, 0.3) is 0 Å². The largest absolute Gasteiger partial charge is 0.377 e. The van der Waals surface area contributed by atoms with Crippen LogP contribution in [0.1, 0.15) is 24.6 Å². The number of nitrogens with one attached hydrogen (secondary N) is 1. The Morgan fingerprint density at radius 2 is 2.00 bits per heavy atom. The van der Waals surface area contributed by atoms with E-state index < -0.39 is 0 Å². The van der Waals surface area contributed by atoms with Crippen molar-refractivity contribution >= 4 is 41.3 Å². The van der Waals surface area contributed by atoms with Crippen molar-refractivity contribution in [2.24, 2.45) is 9.98 Å². The predicted molar refractivity (Wildman–Crippen MR) is 130 cm³/mol. The van der Waals surface area contributed by atoms with Gasteiger partial charge in [-0.2, -0.15) is 5.10 Å². The first kappa shape index (κ1) is 21.4. The third kappa shape index (κ3) is 3.91. The van der Waals surface area contributed by atoms with Gasteiger partial charge in [0.25, 0.3) is 0 Å². The summed E-state index contributed by atoms with van der Waals surface area (Å²) in [5.74, 6) is 0.465. The molecule has 2 fully saturated rings. The van der Waals surface area contributed by atoms with E-state index in [4.69, 9.17) is 21.3 Å². The molecular weight excluding hydrogens is 426 g/mol. The minimum atomic E-state index is 0.183. The monoisotopic (exact) mass is 455 g/mol.